The SMILES string of the molecule is CCC(C)c1ccccc1NC(=O)C(C)OC(=O)c1ccc(Cn2cccn2)o1. The van der Waals surface area contributed by atoms with E-state index < -0.39 is 18.0 Å². The van der Waals surface area contributed by atoms with Crippen LogP contribution in [0.25, 0.3) is 0 Å². The molecule has 0 aliphatic rings. The quantitative estimate of drug-likeness (QED) is 0.577. The Balaban J connectivity index is 1.60. The monoisotopic (exact) mass is 395 g/mol. The van der Waals surface area contributed by atoms with Gasteiger partial charge in [-0.25, -0.2) is 4.79 Å². The number of benzene rings is 1. The lowest BCUT2D eigenvalue weighted by molar-refractivity contribution is -0.123. The summed E-state index contributed by atoms with van der Waals surface area (Å²) in [5, 5.41) is 6.95. The van der Waals surface area contributed by atoms with E-state index in [2.05, 4.69) is 24.3 Å². The Morgan fingerprint density at radius 3 is 2.69 bits per heavy atom. The number of hydrogen-bond donors (Lipinski definition) is 1. The van der Waals surface area contributed by atoms with Gasteiger partial charge in [0.1, 0.15) is 5.76 Å². The van der Waals surface area contributed by atoms with Crippen LogP contribution in [-0.2, 0) is 16.1 Å². The summed E-state index contributed by atoms with van der Waals surface area (Å²) in [6.45, 7) is 6.14. The number of hydrogen-bond acceptors (Lipinski definition) is 5. The van der Waals surface area contributed by atoms with Crippen molar-refractivity contribution in [3.63, 3.8) is 0 Å². The third kappa shape index (κ3) is 5.13. The van der Waals surface area contributed by atoms with Crippen molar-refractivity contribution in [3.8, 4) is 0 Å². The molecule has 0 fully saturated rings. The van der Waals surface area contributed by atoms with Crippen LogP contribution in [0.4, 0.5) is 5.69 Å². The van der Waals surface area contributed by atoms with Gasteiger partial charge in [-0.05, 0) is 49.1 Å². The van der Waals surface area contributed by atoms with Crippen LogP contribution in [0.1, 0.15) is 55.0 Å². The minimum absolute atomic E-state index is 0.0480. The van der Waals surface area contributed by atoms with Crippen molar-refractivity contribution >= 4 is 17.6 Å². The van der Waals surface area contributed by atoms with Gasteiger partial charge in [-0.15, -0.1) is 0 Å². The fraction of sp³-hybridized carbons (Fsp3) is 0.318. The van der Waals surface area contributed by atoms with Crippen molar-refractivity contribution in [2.75, 3.05) is 5.32 Å². The van der Waals surface area contributed by atoms with E-state index in [9.17, 15) is 9.59 Å². The number of amides is 1. The molecule has 0 radical (unpaired) electrons. The molecule has 3 rings (SSSR count). The Morgan fingerprint density at radius 2 is 1.97 bits per heavy atom. The zero-order valence-corrected chi connectivity index (χ0v) is 16.8. The number of furan rings is 1. The van der Waals surface area contributed by atoms with E-state index in [4.69, 9.17) is 9.15 Å². The first-order chi connectivity index (χ1) is 14.0. The number of ether oxygens (including phenoxy) is 1. The fourth-order valence-corrected chi connectivity index (χ4v) is 2.89. The second-order valence-electron chi connectivity index (χ2n) is 6.90. The molecule has 2 heterocycles. The lowest BCUT2D eigenvalue weighted by atomic mass is 9.97. The van der Waals surface area contributed by atoms with Crippen LogP contribution in [-0.4, -0.2) is 27.8 Å². The maximum atomic E-state index is 12.5. The molecule has 0 bridgehead atoms. The normalized spacial score (nSPS) is 12.9. The summed E-state index contributed by atoms with van der Waals surface area (Å²) in [6, 6.07) is 12.7. The molecule has 7 nitrogen and oxygen atoms in total. The van der Waals surface area contributed by atoms with Crippen LogP contribution in [0.3, 0.4) is 0 Å². The first-order valence-electron chi connectivity index (χ1n) is 9.64. The van der Waals surface area contributed by atoms with Gasteiger partial charge < -0.3 is 14.5 Å². The summed E-state index contributed by atoms with van der Waals surface area (Å²) in [4.78, 5) is 24.9. The van der Waals surface area contributed by atoms with Crippen molar-refractivity contribution < 1.29 is 18.7 Å². The van der Waals surface area contributed by atoms with Gasteiger partial charge in [-0.3, -0.25) is 9.48 Å². The van der Waals surface area contributed by atoms with Crippen molar-refractivity contribution in [3.05, 3.63) is 71.9 Å². The molecular weight excluding hydrogens is 370 g/mol. The van der Waals surface area contributed by atoms with Crippen LogP contribution in [0, 0.1) is 0 Å². The van der Waals surface area contributed by atoms with Gasteiger partial charge in [-0.2, -0.15) is 5.10 Å². The molecule has 0 aliphatic carbocycles. The third-order valence-corrected chi connectivity index (χ3v) is 4.75. The Hall–Kier alpha value is -3.35. The van der Waals surface area contributed by atoms with Crippen molar-refractivity contribution in [2.24, 2.45) is 0 Å². The predicted molar refractivity (Wildman–Crippen MR) is 109 cm³/mol. The number of carbonyl (C=O) groups excluding carboxylic acids is 2. The first-order valence-corrected chi connectivity index (χ1v) is 9.64. The Kier molecular flexibility index (Phi) is 6.49. The number of anilines is 1. The van der Waals surface area contributed by atoms with Crippen molar-refractivity contribution in [1.82, 2.24) is 9.78 Å². The zero-order valence-electron chi connectivity index (χ0n) is 16.8. The Morgan fingerprint density at radius 1 is 1.17 bits per heavy atom. The summed E-state index contributed by atoms with van der Waals surface area (Å²) in [7, 11) is 0. The smallest absolute Gasteiger partial charge is 0.375 e. The molecule has 7 heteroatoms. The first kappa shape index (κ1) is 20.4. The summed E-state index contributed by atoms with van der Waals surface area (Å²) in [5.74, 6) is -0.153. The Bertz CT molecular complexity index is 962. The van der Waals surface area contributed by atoms with E-state index in [0.717, 1.165) is 17.7 Å². The number of esters is 1. The molecule has 1 aromatic carbocycles. The van der Waals surface area contributed by atoms with Crippen LogP contribution < -0.4 is 5.32 Å². The third-order valence-electron chi connectivity index (χ3n) is 4.75. The minimum Gasteiger partial charge on any atom is -0.452 e. The Labute approximate surface area is 169 Å². The van der Waals surface area contributed by atoms with E-state index in [-0.39, 0.29) is 5.76 Å². The number of aromatic nitrogens is 2. The maximum Gasteiger partial charge on any atom is 0.375 e. The topological polar surface area (TPSA) is 86.4 Å². The van der Waals surface area contributed by atoms with Crippen molar-refractivity contribution in [1.29, 1.82) is 0 Å². The van der Waals surface area contributed by atoms with Crippen molar-refractivity contribution in [2.45, 2.75) is 45.8 Å². The van der Waals surface area contributed by atoms with E-state index >= 15 is 0 Å². The second-order valence-corrected chi connectivity index (χ2v) is 6.90. The number of rotatable bonds is 8. The molecule has 0 saturated carbocycles. The molecule has 1 N–H and O–H groups in total. The van der Waals surface area contributed by atoms with Gasteiger partial charge in [-0.1, -0.05) is 32.0 Å². The van der Waals surface area contributed by atoms with E-state index in [1.54, 1.807) is 29.2 Å². The van der Waals surface area contributed by atoms with Crippen LogP contribution in [0.2, 0.25) is 0 Å². The molecule has 1 amide bonds. The van der Waals surface area contributed by atoms with E-state index in [0.29, 0.717) is 18.2 Å². The molecule has 2 unspecified atom stereocenters. The second kappa shape index (κ2) is 9.23. The zero-order chi connectivity index (χ0) is 20.8. The number of para-hydroxylation sites is 1. The summed E-state index contributed by atoms with van der Waals surface area (Å²) < 4.78 is 12.5. The van der Waals surface area contributed by atoms with E-state index in [1.807, 2.05) is 24.3 Å². The minimum atomic E-state index is -0.966. The molecule has 0 saturated heterocycles. The van der Waals surface area contributed by atoms with Crippen LogP contribution in [0.15, 0.2) is 59.3 Å². The van der Waals surface area contributed by atoms with Gasteiger partial charge in [0.2, 0.25) is 5.76 Å². The molecule has 29 heavy (non-hydrogen) atoms. The summed E-state index contributed by atoms with van der Waals surface area (Å²) in [5.41, 5.74) is 1.78. The highest BCUT2D eigenvalue weighted by molar-refractivity contribution is 5.97. The number of nitrogens with zero attached hydrogens (tertiary/aromatic N) is 2. The van der Waals surface area contributed by atoms with E-state index in [1.165, 1.54) is 13.0 Å². The van der Waals surface area contributed by atoms with Crippen LogP contribution in [0.5, 0.6) is 0 Å². The summed E-state index contributed by atoms with van der Waals surface area (Å²) >= 11 is 0. The standard InChI is InChI=1S/C22H25N3O4/c1-4-15(2)18-8-5-6-9-19(18)24-21(26)16(3)28-22(27)20-11-10-17(29-20)14-25-13-7-12-23-25/h5-13,15-16H,4,14H2,1-3H3,(H,24,26). The lowest BCUT2D eigenvalue weighted by Gasteiger charge is -2.18. The molecule has 2 aromatic heterocycles. The molecule has 2 atom stereocenters. The van der Waals surface area contributed by atoms with Gasteiger partial charge in [0.05, 0.1) is 6.54 Å². The summed E-state index contributed by atoms with van der Waals surface area (Å²) in [6.07, 6.45) is 3.45. The number of nitrogens with one attached hydrogen (secondary N) is 1. The largest absolute Gasteiger partial charge is 0.452 e. The van der Waals surface area contributed by atoms with Crippen LogP contribution >= 0.6 is 0 Å². The van der Waals surface area contributed by atoms with Gasteiger partial charge >= 0.3 is 5.97 Å². The molecule has 152 valence electrons. The van der Waals surface area contributed by atoms with Gasteiger partial charge in [0, 0.05) is 18.1 Å². The molecular formula is C22H25N3O4. The molecule has 0 aliphatic heterocycles. The molecule has 3 aromatic rings. The average molecular weight is 395 g/mol. The highest BCUT2D eigenvalue weighted by Gasteiger charge is 2.22. The van der Waals surface area contributed by atoms with Gasteiger partial charge in [0.25, 0.3) is 5.91 Å². The molecule has 0 spiro atoms. The lowest BCUT2D eigenvalue weighted by Crippen LogP contribution is -2.30. The number of carbonyl (C=O) groups is 2. The van der Waals surface area contributed by atoms with Gasteiger partial charge in [0.15, 0.2) is 6.10 Å². The highest BCUT2D eigenvalue weighted by Crippen LogP contribution is 2.26. The average Bonchev–Trinajstić information content (AvgIpc) is 3.40. The highest BCUT2D eigenvalue weighted by atomic mass is 16.6. The maximum absolute atomic E-state index is 12.5. The predicted octanol–water partition coefficient (Wildman–Crippen LogP) is 4.22. The fourth-order valence-electron chi connectivity index (χ4n) is 2.89.